The van der Waals surface area contributed by atoms with Crippen LogP contribution in [-0.4, -0.2) is 12.8 Å². The van der Waals surface area contributed by atoms with Crippen LogP contribution in [0.2, 0.25) is 0 Å². The smallest absolute Gasteiger partial charge is 0.414 e. The first-order valence-electron chi connectivity index (χ1n) is 2.75. The van der Waals surface area contributed by atoms with Crippen molar-refractivity contribution in [1.29, 1.82) is 0 Å². The fourth-order valence-corrected chi connectivity index (χ4v) is 0.666. The van der Waals surface area contributed by atoms with E-state index in [4.69, 9.17) is 0 Å². The van der Waals surface area contributed by atoms with Gasteiger partial charge in [-0.05, 0) is 0 Å². The molecular formula is C4H5F3O5P-. The first-order valence-corrected chi connectivity index (χ1v) is 4.21. The van der Waals surface area contributed by atoms with E-state index in [9.17, 15) is 22.6 Å². The molecule has 78 valence electrons. The Morgan fingerprint density at radius 3 is 2.46 bits per heavy atom. The molecule has 1 unspecified atom stereocenters. The molecule has 1 atom stereocenters. The summed E-state index contributed by atoms with van der Waals surface area (Å²) in [7, 11) is -4.87. The summed E-state index contributed by atoms with van der Waals surface area (Å²) < 4.78 is 51.4. The third-order valence-corrected chi connectivity index (χ3v) is 1.27. The zero-order chi connectivity index (χ0) is 10.5. The van der Waals surface area contributed by atoms with Crippen molar-refractivity contribution in [3.8, 4) is 0 Å². The lowest BCUT2D eigenvalue weighted by atomic mass is 10.7. The Hall–Kier alpha value is -0.560. The van der Waals surface area contributed by atoms with Gasteiger partial charge >= 0.3 is 14.0 Å². The minimum atomic E-state index is -4.87. The molecule has 0 spiro atoms. The molecule has 0 aromatic heterocycles. The summed E-state index contributed by atoms with van der Waals surface area (Å²) in [5.74, 6) is 0. The van der Waals surface area contributed by atoms with Crippen LogP contribution in [0.4, 0.5) is 13.2 Å². The van der Waals surface area contributed by atoms with Gasteiger partial charge in [0.05, 0.1) is 6.26 Å². The molecular weight excluding hydrogens is 216 g/mol. The molecule has 0 fully saturated rings. The van der Waals surface area contributed by atoms with Crippen LogP contribution in [-0.2, 0) is 18.7 Å². The maximum Gasteiger partial charge on any atom is 0.414 e. The van der Waals surface area contributed by atoms with Gasteiger partial charge in [0.1, 0.15) is 0 Å². The first-order chi connectivity index (χ1) is 5.77. The fourth-order valence-electron chi connectivity index (χ4n) is 0.267. The van der Waals surface area contributed by atoms with Gasteiger partial charge in [-0.3, -0.25) is 4.57 Å². The van der Waals surface area contributed by atoms with E-state index in [1.807, 2.05) is 0 Å². The number of hydrogen-bond donors (Lipinski definition) is 0. The largest absolute Gasteiger partial charge is 0.744 e. The Balaban J connectivity index is 3.76. The molecule has 0 amide bonds. The molecule has 0 bridgehead atoms. The van der Waals surface area contributed by atoms with Gasteiger partial charge in [-0.2, -0.15) is 17.8 Å². The molecule has 0 rings (SSSR count). The highest BCUT2D eigenvalue weighted by Crippen LogP contribution is 2.38. The van der Waals surface area contributed by atoms with E-state index in [0.717, 1.165) is 0 Å². The third-order valence-electron chi connectivity index (χ3n) is 0.570. The Labute approximate surface area is 71.3 Å². The molecule has 9 heteroatoms. The molecule has 0 aliphatic heterocycles. The number of halogens is 3. The number of hydrogen-bond acceptors (Lipinski definition) is 5. The van der Waals surface area contributed by atoms with Crippen LogP contribution >= 0.6 is 7.82 Å². The summed E-state index contributed by atoms with van der Waals surface area (Å²) in [6.45, 7) is 1.00. The van der Waals surface area contributed by atoms with Crippen molar-refractivity contribution in [2.24, 2.45) is 0 Å². The highest BCUT2D eigenvalue weighted by atomic mass is 31.2. The van der Waals surface area contributed by atoms with Gasteiger partial charge in [0.2, 0.25) is 0 Å². The third kappa shape index (κ3) is 7.79. The maximum atomic E-state index is 11.4. The van der Waals surface area contributed by atoms with Crippen molar-refractivity contribution in [3.63, 3.8) is 0 Å². The topological polar surface area (TPSA) is 67.8 Å². The van der Waals surface area contributed by atoms with Crippen LogP contribution in [0.25, 0.3) is 0 Å². The average Bonchev–Trinajstić information content (AvgIpc) is 1.82. The van der Waals surface area contributed by atoms with Crippen molar-refractivity contribution < 1.29 is 36.7 Å². The van der Waals surface area contributed by atoms with Crippen LogP contribution in [0.5, 0.6) is 0 Å². The average molecular weight is 221 g/mol. The number of alkyl halides is 3. The summed E-state index contributed by atoms with van der Waals surface area (Å²) in [4.78, 5) is 13.7. The Morgan fingerprint density at radius 1 is 1.54 bits per heavy atom. The van der Waals surface area contributed by atoms with Crippen LogP contribution in [0.3, 0.4) is 0 Å². The SMILES string of the molecule is C=COP(=O)([O-])OOCC(F)(F)F. The van der Waals surface area contributed by atoms with E-state index in [-0.39, 0.29) is 0 Å². The molecule has 0 saturated heterocycles. The molecule has 0 aromatic rings. The highest BCUT2D eigenvalue weighted by Gasteiger charge is 2.29. The lowest BCUT2D eigenvalue weighted by molar-refractivity contribution is -0.331. The molecule has 0 aliphatic rings. The second-order valence-electron chi connectivity index (χ2n) is 1.67. The molecule has 0 aromatic carbocycles. The van der Waals surface area contributed by atoms with Crippen molar-refractivity contribution >= 4 is 7.82 Å². The lowest BCUT2D eigenvalue weighted by Crippen LogP contribution is -2.18. The van der Waals surface area contributed by atoms with Crippen molar-refractivity contribution in [3.05, 3.63) is 12.8 Å². The zero-order valence-corrected chi connectivity index (χ0v) is 7.01. The van der Waals surface area contributed by atoms with Gasteiger partial charge < -0.3 is 9.42 Å². The van der Waals surface area contributed by atoms with Crippen molar-refractivity contribution in [2.75, 3.05) is 6.61 Å². The molecule has 13 heavy (non-hydrogen) atoms. The standard InChI is InChI=1S/C4H6F3O5P/c1-2-11-13(8,9)12-10-3-4(5,6)7/h2H,1,3H2,(H,8,9)/p-1. The molecule has 0 aliphatic carbocycles. The second kappa shape index (κ2) is 4.61. The monoisotopic (exact) mass is 221 g/mol. The quantitative estimate of drug-likeness (QED) is 0.301. The summed E-state index contributed by atoms with van der Waals surface area (Å²) in [5.41, 5.74) is 0. The molecule has 0 saturated carbocycles. The van der Waals surface area contributed by atoms with Crippen LogP contribution < -0.4 is 4.89 Å². The summed E-state index contributed by atoms with van der Waals surface area (Å²) in [6, 6.07) is 0. The van der Waals surface area contributed by atoms with E-state index in [1.165, 1.54) is 0 Å². The van der Waals surface area contributed by atoms with E-state index < -0.39 is 20.6 Å². The van der Waals surface area contributed by atoms with E-state index in [1.54, 1.807) is 0 Å². The van der Waals surface area contributed by atoms with Crippen LogP contribution in [0, 0.1) is 0 Å². The van der Waals surface area contributed by atoms with Crippen molar-refractivity contribution in [1.82, 2.24) is 0 Å². The van der Waals surface area contributed by atoms with E-state index >= 15 is 0 Å². The Bertz CT molecular complexity index is 214. The van der Waals surface area contributed by atoms with E-state index in [0.29, 0.717) is 6.26 Å². The predicted molar refractivity (Wildman–Crippen MR) is 32.0 cm³/mol. The molecule has 0 N–H and O–H groups in total. The number of phosphoric acid groups is 1. The minimum Gasteiger partial charge on any atom is -0.744 e. The zero-order valence-electron chi connectivity index (χ0n) is 6.11. The second-order valence-corrected chi connectivity index (χ2v) is 2.93. The Morgan fingerprint density at radius 2 is 2.08 bits per heavy atom. The van der Waals surface area contributed by atoms with Crippen molar-refractivity contribution in [2.45, 2.75) is 6.18 Å². The van der Waals surface area contributed by atoms with Gasteiger partial charge in [-0.25, -0.2) is 4.89 Å². The number of phosphoric ester groups is 1. The van der Waals surface area contributed by atoms with Gasteiger partial charge in [0, 0.05) is 0 Å². The predicted octanol–water partition coefficient (Wildman–Crippen LogP) is 1.13. The summed E-state index contributed by atoms with van der Waals surface area (Å²) in [5, 5.41) is 0. The first kappa shape index (κ1) is 12.4. The fraction of sp³-hybridized carbons (Fsp3) is 0.500. The van der Waals surface area contributed by atoms with Gasteiger partial charge in [0.25, 0.3) is 0 Å². The maximum absolute atomic E-state index is 11.4. The molecule has 0 radical (unpaired) electrons. The molecule has 0 heterocycles. The van der Waals surface area contributed by atoms with Gasteiger partial charge in [0.15, 0.2) is 6.61 Å². The normalized spacial score (nSPS) is 16.3. The van der Waals surface area contributed by atoms with Gasteiger partial charge in [-0.15, -0.1) is 0 Å². The van der Waals surface area contributed by atoms with Crippen LogP contribution in [0.15, 0.2) is 12.8 Å². The summed E-state index contributed by atoms with van der Waals surface area (Å²) in [6.07, 6.45) is -4.20. The minimum absolute atomic E-state index is 0.477. The molecule has 5 nitrogen and oxygen atoms in total. The summed E-state index contributed by atoms with van der Waals surface area (Å²) >= 11 is 0. The highest BCUT2D eigenvalue weighted by molar-refractivity contribution is 7.45. The van der Waals surface area contributed by atoms with E-state index in [2.05, 4.69) is 20.7 Å². The van der Waals surface area contributed by atoms with Crippen LogP contribution in [0.1, 0.15) is 0 Å². The van der Waals surface area contributed by atoms with Gasteiger partial charge in [-0.1, -0.05) is 6.58 Å². The number of rotatable bonds is 5. The lowest BCUT2D eigenvalue weighted by Gasteiger charge is -2.19. The Kier molecular flexibility index (Phi) is 4.41.